The van der Waals surface area contributed by atoms with Gasteiger partial charge in [-0.2, -0.15) is 0 Å². The first-order valence-electron chi connectivity index (χ1n) is 14.4. The molecular weight excluding hydrogens is 603 g/mol. The molecule has 3 N–H and O–H groups in total. The molecule has 0 bridgehead atoms. The molecule has 1 fully saturated rings. The number of nitrogens with one attached hydrogen (secondary N) is 1. The second-order valence-corrected chi connectivity index (χ2v) is 12.6. The molecule has 1 amide bonds. The molecule has 3 aromatic heterocycles. The molecule has 12 heteroatoms. The Morgan fingerprint density at radius 3 is 2.43 bits per heavy atom. The second kappa shape index (κ2) is 12.5. The van der Waals surface area contributed by atoms with Gasteiger partial charge in [-0.25, -0.2) is 14.8 Å². The molecule has 230 valence electrons. The molecule has 44 heavy (non-hydrogen) atoms. The van der Waals surface area contributed by atoms with Gasteiger partial charge in [0.15, 0.2) is 11.5 Å². The van der Waals surface area contributed by atoms with Crippen LogP contribution in [-0.4, -0.2) is 66.6 Å². The van der Waals surface area contributed by atoms with Crippen LogP contribution in [0.25, 0.3) is 22.3 Å². The van der Waals surface area contributed by atoms with Crippen molar-refractivity contribution in [2.75, 3.05) is 23.3 Å². The molecule has 1 aliphatic heterocycles. The van der Waals surface area contributed by atoms with E-state index in [0.717, 1.165) is 25.2 Å². The van der Waals surface area contributed by atoms with E-state index in [1.54, 1.807) is 43.6 Å². The molecule has 10 nitrogen and oxygen atoms in total. The first kappa shape index (κ1) is 31.3. The number of pyridine rings is 3. The summed E-state index contributed by atoms with van der Waals surface area (Å²) in [6.45, 7) is 8.83. The fourth-order valence-electron chi connectivity index (χ4n) is 5.62. The monoisotopic (exact) mass is 636 g/mol. The van der Waals surface area contributed by atoms with Gasteiger partial charge in [-0.15, -0.1) is 0 Å². The Morgan fingerprint density at radius 2 is 1.82 bits per heavy atom. The summed E-state index contributed by atoms with van der Waals surface area (Å²) in [7, 11) is 0. The lowest BCUT2D eigenvalue weighted by Crippen LogP contribution is -2.57. The summed E-state index contributed by atoms with van der Waals surface area (Å²) in [6.07, 6.45) is 4.23. The van der Waals surface area contributed by atoms with Crippen molar-refractivity contribution >= 4 is 63.3 Å². The van der Waals surface area contributed by atoms with E-state index in [4.69, 9.17) is 33.2 Å². The van der Waals surface area contributed by atoms with Crippen molar-refractivity contribution in [1.29, 1.82) is 0 Å². The predicted molar refractivity (Wildman–Crippen MR) is 174 cm³/mol. The molecule has 1 saturated heterocycles. The third-order valence-corrected chi connectivity index (χ3v) is 8.25. The van der Waals surface area contributed by atoms with Crippen molar-refractivity contribution in [3.05, 3.63) is 64.4 Å². The van der Waals surface area contributed by atoms with E-state index in [9.17, 15) is 19.8 Å². The van der Waals surface area contributed by atoms with E-state index in [1.165, 1.54) is 4.90 Å². The Balaban J connectivity index is 1.47. The van der Waals surface area contributed by atoms with E-state index >= 15 is 0 Å². The number of benzene rings is 1. The SMILES string of the molecule is CCC(=O)c1cnc2ccc(-c3cc(Cl)c(O)c(Cl)c3)nc2c1Nc1ccc(N2CCC[C@@H](N(C(=O)O)C(C)(C)C)C2)nc1. The number of anilines is 3. The highest BCUT2D eigenvalue weighted by Crippen LogP contribution is 2.37. The van der Waals surface area contributed by atoms with Crippen molar-refractivity contribution in [3.8, 4) is 17.0 Å². The van der Waals surface area contributed by atoms with Crippen LogP contribution < -0.4 is 10.2 Å². The van der Waals surface area contributed by atoms with E-state index in [0.29, 0.717) is 45.8 Å². The number of ketones is 1. The van der Waals surface area contributed by atoms with Crippen LogP contribution in [0.4, 0.5) is 22.0 Å². The fraction of sp³-hybridized carbons (Fsp3) is 0.344. The molecule has 1 aromatic carbocycles. The zero-order valence-electron chi connectivity index (χ0n) is 24.9. The summed E-state index contributed by atoms with van der Waals surface area (Å²) < 4.78 is 0. The maximum Gasteiger partial charge on any atom is 0.408 e. The van der Waals surface area contributed by atoms with Gasteiger partial charge >= 0.3 is 6.09 Å². The fourth-order valence-corrected chi connectivity index (χ4v) is 6.11. The number of aromatic hydroxyl groups is 1. The number of phenols is 1. The second-order valence-electron chi connectivity index (χ2n) is 11.8. The van der Waals surface area contributed by atoms with Crippen LogP contribution in [0, 0.1) is 0 Å². The minimum atomic E-state index is -0.924. The van der Waals surface area contributed by atoms with Gasteiger partial charge in [0, 0.05) is 36.8 Å². The maximum absolute atomic E-state index is 13.0. The highest BCUT2D eigenvalue weighted by molar-refractivity contribution is 6.37. The third-order valence-electron chi connectivity index (χ3n) is 7.68. The molecule has 5 rings (SSSR count). The zero-order chi connectivity index (χ0) is 31.8. The summed E-state index contributed by atoms with van der Waals surface area (Å²) in [6, 6.07) is 10.3. The molecule has 0 radical (unpaired) electrons. The number of carboxylic acid groups (broad SMARTS) is 1. The Labute approximate surface area is 265 Å². The van der Waals surface area contributed by atoms with Crippen LogP contribution in [0.5, 0.6) is 5.75 Å². The van der Waals surface area contributed by atoms with Crippen LogP contribution >= 0.6 is 23.2 Å². The topological polar surface area (TPSA) is 132 Å². The van der Waals surface area contributed by atoms with Gasteiger partial charge in [0.1, 0.15) is 11.3 Å². The van der Waals surface area contributed by atoms with Crippen LogP contribution in [0.1, 0.15) is 57.3 Å². The largest absolute Gasteiger partial charge is 0.505 e. The Bertz CT molecular complexity index is 1700. The lowest BCUT2D eigenvalue weighted by atomic mass is 9.97. The molecule has 1 aliphatic rings. The lowest BCUT2D eigenvalue weighted by molar-refractivity contribution is 0.0647. The number of amides is 1. The average molecular weight is 638 g/mol. The van der Waals surface area contributed by atoms with Crippen LogP contribution in [0.2, 0.25) is 10.0 Å². The van der Waals surface area contributed by atoms with Gasteiger partial charge in [0.05, 0.1) is 50.4 Å². The minimum absolute atomic E-state index is 0.0982. The van der Waals surface area contributed by atoms with E-state index in [2.05, 4.69) is 15.2 Å². The van der Waals surface area contributed by atoms with E-state index in [1.807, 2.05) is 32.9 Å². The number of fused-ring (bicyclic) bond motifs is 1. The van der Waals surface area contributed by atoms with Gasteiger partial charge in [-0.3, -0.25) is 14.7 Å². The smallest absolute Gasteiger partial charge is 0.408 e. The van der Waals surface area contributed by atoms with Gasteiger partial charge in [0.25, 0.3) is 0 Å². The summed E-state index contributed by atoms with van der Waals surface area (Å²) in [5.74, 6) is 0.434. The Morgan fingerprint density at radius 1 is 1.09 bits per heavy atom. The first-order chi connectivity index (χ1) is 20.9. The number of halogens is 2. The quantitative estimate of drug-likeness (QED) is 0.174. The van der Waals surface area contributed by atoms with E-state index in [-0.39, 0.29) is 34.0 Å². The van der Waals surface area contributed by atoms with Crippen LogP contribution in [0.15, 0.2) is 48.8 Å². The van der Waals surface area contributed by atoms with Gasteiger partial charge in [0.2, 0.25) is 0 Å². The standard InChI is InChI=1S/C32H34Cl2N6O4/c1-5-26(41)21-16-35-25-10-9-24(18-13-22(33)30(42)23(34)14-18)38-29(25)28(21)37-19-8-11-27(36-15-19)39-12-6-7-20(17-39)40(31(43)44)32(2,3)4/h8-11,13-16,20,42H,5-7,12,17H2,1-4H3,(H,35,37)(H,43,44)/t20-/m1/s1. The lowest BCUT2D eigenvalue weighted by Gasteiger charge is -2.44. The van der Waals surface area contributed by atoms with Crippen molar-refractivity contribution in [2.45, 2.75) is 58.5 Å². The van der Waals surface area contributed by atoms with Crippen LogP contribution in [-0.2, 0) is 0 Å². The molecule has 0 unspecified atom stereocenters. The highest BCUT2D eigenvalue weighted by Gasteiger charge is 2.36. The number of hydrogen-bond donors (Lipinski definition) is 3. The molecule has 0 aliphatic carbocycles. The van der Waals surface area contributed by atoms with Gasteiger partial charge < -0.3 is 20.4 Å². The number of nitrogens with zero attached hydrogens (tertiary/aromatic N) is 5. The minimum Gasteiger partial charge on any atom is -0.505 e. The van der Waals surface area contributed by atoms with Gasteiger partial charge in [-0.1, -0.05) is 30.1 Å². The normalized spacial score (nSPS) is 15.3. The number of Topliss-reactive ketones (excluding diaryl/α,β-unsaturated/α-hetero) is 1. The number of rotatable bonds is 7. The predicted octanol–water partition coefficient (Wildman–Crippen LogP) is 7.79. The van der Waals surface area contributed by atoms with Crippen molar-refractivity contribution in [1.82, 2.24) is 19.9 Å². The van der Waals surface area contributed by atoms with Crippen LogP contribution in [0.3, 0.4) is 0 Å². The van der Waals surface area contributed by atoms with Crippen molar-refractivity contribution < 1.29 is 19.8 Å². The van der Waals surface area contributed by atoms with E-state index < -0.39 is 11.6 Å². The molecule has 4 heterocycles. The summed E-state index contributed by atoms with van der Waals surface area (Å²) in [4.78, 5) is 42.7. The number of piperidine rings is 1. The van der Waals surface area contributed by atoms with Crippen molar-refractivity contribution in [3.63, 3.8) is 0 Å². The maximum atomic E-state index is 13.0. The number of carbonyl (C=O) groups excluding carboxylic acids is 1. The number of aromatic nitrogens is 3. The number of hydrogen-bond acceptors (Lipinski definition) is 8. The molecule has 0 spiro atoms. The average Bonchev–Trinajstić information content (AvgIpc) is 2.98. The molecule has 1 atom stereocenters. The molecule has 0 saturated carbocycles. The Kier molecular flexibility index (Phi) is 8.85. The first-order valence-corrected chi connectivity index (χ1v) is 15.1. The number of phenolic OH excluding ortho intramolecular Hbond substituents is 1. The third kappa shape index (κ3) is 6.37. The molecule has 4 aromatic rings. The molecular formula is C32H34Cl2N6O4. The summed E-state index contributed by atoms with van der Waals surface area (Å²) >= 11 is 12.3. The highest BCUT2D eigenvalue weighted by atomic mass is 35.5. The zero-order valence-corrected chi connectivity index (χ0v) is 26.4. The van der Waals surface area contributed by atoms with Crippen molar-refractivity contribution in [2.24, 2.45) is 0 Å². The number of carbonyl (C=O) groups is 2. The van der Waals surface area contributed by atoms with Gasteiger partial charge in [-0.05, 0) is 70.0 Å². The Hall–Kier alpha value is -4.15. The summed E-state index contributed by atoms with van der Waals surface area (Å²) in [5.41, 5.74) is 3.19. The summed E-state index contributed by atoms with van der Waals surface area (Å²) in [5, 5.41) is 23.4.